The first-order chi connectivity index (χ1) is 6.97. The summed E-state index contributed by atoms with van der Waals surface area (Å²) in [6.07, 6.45) is 0. The second-order valence-corrected chi connectivity index (χ2v) is 5.51. The second kappa shape index (κ2) is 4.83. The molecule has 0 amide bonds. The van der Waals surface area contributed by atoms with Gasteiger partial charge in [0.05, 0.1) is 22.9 Å². The summed E-state index contributed by atoms with van der Waals surface area (Å²) < 4.78 is 28.2. The number of sulfone groups is 1. The van der Waals surface area contributed by atoms with Gasteiger partial charge in [-0.2, -0.15) is 0 Å². The van der Waals surface area contributed by atoms with Crippen molar-refractivity contribution < 1.29 is 13.2 Å². The van der Waals surface area contributed by atoms with Crippen LogP contribution in [0.5, 0.6) is 0 Å². The van der Waals surface area contributed by atoms with Gasteiger partial charge in [0, 0.05) is 12.1 Å². The lowest BCUT2D eigenvalue weighted by Gasteiger charge is -2.06. The Hall–Kier alpha value is -0.780. The van der Waals surface area contributed by atoms with Gasteiger partial charge in [-0.3, -0.25) is 0 Å². The predicted octanol–water partition coefficient (Wildman–Crippen LogP) is 1.34. The number of hydrogen-bond donors (Lipinski definition) is 1. The fourth-order valence-corrected chi connectivity index (χ4v) is 2.59. The van der Waals surface area contributed by atoms with E-state index in [1.165, 1.54) is 25.3 Å². The molecule has 1 aromatic rings. The summed E-state index contributed by atoms with van der Waals surface area (Å²) in [5.41, 5.74) is 5.74. The Labute approximate surface area is 93.9 Å². The maximum absolute atomic E-state index is 11.7. The highest BCUT2D eigenvalue weighted by molar-refractivity contribution is 7.91. The number of benzene rings is 1. The molecule has 0 aliphatic rings. The third kappa shape index (κ3) is 3.09. The standard InChI is InChI=1S/C9H12ClNO3S/c1-14-4-5-15(12,13)9-3-2-7(10)6-8(9)11/h2-3,6H,4-5,11H2,1H3. The van der Waals surface area contributed by atoms with Gasteiger partial charge in [-0.05, 0) is 18.2 Å². The van der Waals surface area contributed by atoms with Crippen LogP contribution >= 0.6 is 11.6 Å². The Morgan fingerprint density at radius 2 is 2.13 bits per heavy atom. The molecule has 0 aliphatic carbocycles. The molecule has 84 valence electrons. The van der Waals surface area contributed by atoms with E-state index in [1.807, 2.05) is 0 Å². The average molecular weight is 250 g/mol. The number of nitrogen functional groups attached to an aromatic ring is 1. The molecule has 0 spiro atoms. The van der Waals surface area contributed by atoms with Crippen LogP contribution in [0.4, 0.5) is 5.69 Å². The molecule has 1 aromatic carbocycles. The predicted molar refractivity (Wildman–Crippen MR) is 59.8 cm³/mol. The van der Waals surface area contributed by atoms with E-state index in [2.05, 4.69) is 0 Å². The van der Waals surface area contributed by atoms with Crippen molar-refractivity contribution in [1.29, 1.82) is 0 Å². The Kier molecular flexibility index (Phi) is 3.96. The van der Waals surface area contributed by atoms with Crippen LogP contribution in [0, 0.1) is 0 Å². The van der Waals surface area contributed by atoms with Gasteiger partial charge in [-0.25, -0.2) is 8.42 Å². The number of hydrogen-bond acceptors (Lipinski definition) is 4. The van der Waals surface area contributed by atoms with Gasteiger partial charge < -0.3 is 10.5 Å². The van der Waals surface area contributed by atoms with E-state index in [1.54, 1.807) is 0 Å². The molecule has 0 radical (unpaired) electrons. The molecule has 0 saturated heterocycles. The van der Waals surface area contributed by atoms with E-state index < -0.39 is 9.84 Å². The van der Waals surface area contributed by atoms with Crippen molar-refractivity contribution in [2.24, 2.45) is 0 Å². The molecule has 2 N–H and O–H groups in total. The fraction of sp³-hybridized carbons (Fsp3) is 0.333. The van der Waals surface area contributed by atoms with Gasteiger partial charge in [0.15, 0.2) is 9.84 Å². The topological polar surface area (TPSA) is 69.4 Å². The third-order valence-corrected chi connectivity index (χ3v) is 3.84. The highest BCUT2D eigenvalue weighted by Crippen LogP contribution is 2.23. The Morgan fingerprint density at radius 1 is 1.47 bits per heavy atom. The van der Waals surface area contributed by atoms with E-state index in [0.29, 0.717) is 5.02 Å². The minimum absolute atomic E-state index is 0.0880. The van der Waals surface area contributed by atoms with Gasteiger partial charge in [0.25, 0.3) is 0 Å². The smallest absolute Gasteiger partial charge is 0.182 e. The summed E-state index contributed by atoms with van der Waals surface area (Å²) >= 11 is 5.67. The zero-order valence-corrected chi connectivity index (χ0v) is 9.81. The van der Waals surface area contributed by atoms with Gasteiger partial charge in [-0.15, -0.1) is 0 Å². The van der Waals surface area contributed by atoms with Crippen LogP contribution in [-0.2, 0) is 14.6 Å². The SMILES string of the molecule is COCCS(=O)(=O)c1ccc(Cl)cc1N. The summed E-state index contributed by atoms with van der Waals surface area (Å²) in [6.45, 7) is 0.143. The monoisotopic (exact) mass is 249 g/mol. The van der Waals surface area contributed by atoms with Gasteiger partial charge in [0.2, 0.25) is 0 Å². The lowest BCUT2D eigenvalue weighted by Crippen LogP contribution is -2.13. The van der Waals surface area contributed by atoms with Crippen LogP contribution in [0.15, 0.2) is 23.1 Å². The summed E-state index contributed by atoms with van der Waals surface area (Å²) in [4.78, 5) is 0.101. The zero-order chi connectivity index (χ0) is 11.5. The largest absolute Gasteiger partial charge is 0.398 e. The molecule has 0 fully saturated rings. The van der Waals surface area contributed by atoms with Gasteiger partial charge in [0.1, 0.15) is 0 Å². The van der Waals surface area contributed by atoms with Crippen molar-refractivity contribution in [3.05, 3.63) is 23.2 Å². The highest BCUT2D eigenvalue weighted by Gasteiger charge is 2.17. The van der Waals surface area contributed by atoms with Crippen molar-refractivity contribution in [3.8, 4) is 0 Å². The van der Waals surface area contributed by atoms with Crippen LogP contribution in [0.3, 0.4) is 0 Å². The number of halogens is 1. The maximum Gasteiger partial charge on any atom is 0.182 e. The van der Waals surface area contributed by atoms with Crippen LogP contribution in [0.2, 0.25) is 5.02 Å². The minimum atomic E-state index is -3.38. The van der Waals surface area contributed by atoms with E-state index in [9.17, 15) is 8.42 Å². The van der Waals surface area contributed by atoms with Crippen molar-refractivity contribution >= 4 is 27.1 Å². The summed E-state index contributed by atoms with van der Waals surface area (Å²) in [5, 5.41) is 0.415. The molecule has 0 unspecified atom stereocenters. The molecule has 15 heavy (non-hydrogen) atoms. The lowest BCUT2D eigenvalue weighted by atomic mass is 10.3. The molecule has 4 nitrogen and oxygen atoms in total. The average Bonchev–Trinajstić information content (AvgIpc) is 2.14. The highest BCUT2D eigenvalue weighted by atomic mass is 35.5. The number of rotatable bonds is 4. The van der Waals surface area contributed by atoms with Gasteiger partial charge in [-0.1, -0.05) is 11.6 Å². The molecule has 0 aromatic heterocycles. The molecule has 0 saturated carbocycles. The fourth-order valence-electron chi connectivity index (χ4n) is 1.11. The van der Waals surface area contributed by atoms with Crippen molar-refractivity contribution in [1.82, 2.24) is 0 Å². The summed E-state index contributed by atoms with van der Waals surface area (Å²) in [6, 6.07) is 4.32. The normalized spacial score (nSPS) is 11.6. The summed E-state index contributed by atoms with van der Waals surface area (Å²) in [5.74, 6) is -0.0880. The molecule has 0 bridgehead atoms. The Bertz CT molecular complexity index is 445. The van der Waals surface area contributed by atoms with Crippen molar-refractivity contribution in [3.63, 3.8) is 0 Å². The number of anilines is 1. The first-order valence-electron chi connectivity index (χ1n) is 4.24. The first-order valence-corrected chi connectivity index (χ1v) is 6.27. The zero-order valence-electron chi connectivity index (χ0n) is 8.23. The minimum Gasteiger partial charge on any atom is -0.398 e. The van der Waals surface area contributed by atoms with Crippen molar-refractivity contribution in [2.45, 2.75) is 4.90 Å². The molecular weight excluding hydrogens is 238 g/mol. The van der Waals surface area contributed by atoms with E-state index in [-0.39, 0.29) is 22.9 Å². The Balaban J connectivity index is 3.05. The summed E-state index contributed by atoms with van der Waals surface area (Å²) in [7, 11) is -1.93. The van der Waals surface area contributed by atoms with E-state index in [4.69, 9.17) is 22.1 Å². The molecule has 0 aliphatic heterocycles. The Morgan fingerprint density at radius 3 is 2.67 bits per heavy atom. The lowest BCUT2D eigenvalue weighted by molar-refractivity contribution is 0.217. The number of methoxy groups -OCH3 is 1. The van der Waals surface area contributed by atoms with E-state index >= 15 is 0 Å². The van der Waals surface area contributed by atoms with E-state index in [0.717, 1.165) is 0 Å². The van der Waals surface area contributed by atoms with Gasteiger partial charge >= 0.3 is 0 Å². The molecule has 6 heteroatoms. The van der Waals surface area contributed by atoms with Crippen LogP contribution in [0.25, 0.3) is 0 Å². The molecule has 0 heterocycles. The first kappa shape index (κ1) is 12.3. The quantitative estimate of drug-likeness (QED) is 0.818. The van der Waals surface area contributed by atoms with Crippen LogP contribution in [0.1, 0.15) is 0 Å². The second-order valence-electron chi connectivity index (χ2n) is 2.99. The van der Waals surface area contributed by atoms with Crippen molar-refractivity contribution in [2.75, 3.05) is 25.2 Å². The number of ether oxygens (including phenoxy) is 1. The third-order valence-electron chi connectivity index (χ3n) is 1.86. The molecule has 1 rings (SSSR count). The maximum atomic E-state index is 11.7. The number of nitrogens with two attached hydrogens (primary N) is 1. The molecule has 0 atom stereocenters. The van der Waals surface area contributed by atoms with Crippen LogP contribution < -0.4 is 5.73 Å². The molecular formula is C9H12ClNO3S. The van der Waals surface area contributed by atoms with Crippen LogP contribution in [-0.4, -0.2) is 27.9 Å².